The van der Waals surface area contributed by atoms with Crippen molar-refractivity contribution < 1.29 is 18.9 Å². The second kappa shape index (κ2) is 4.30. The summed E-state index contributed by atoms with van der Waals surface area (Å²) >= 11 is 0. The second-order valence-electron chi connectivity index (χ2n) is 4.33. The summed E-state index contributed by atoms with van der Waals surface area (Å²) in [5.74, 6) is 0.449. The molecule has 0 aromatic carbocycles. The molecule has 0 saturated carbocycles. The number of fused-ring (bicyclic) bond motifs is 1. The Morgan fingerprint density at radius 3 is 2.69 bits per heavy atom. The maximum atomic E-state index is 5.80. The predicted octanol–water partition coefficient (Wildman–Crippen LogP) is 1.23. The number of methoxy groups -OCH3 is 1. The van der Waals surface area contributed by atoms with Crippen LogP contribution in [0.4, 0.5) is 0 Å². The van der Waals surface area contributed by atoms with Gasteiger partial charge in [0.25, 0.3) is 0 Å². The van der Waals surface area contributed by atoms with Crippen molar-refractivity contribution in [1.82, 2.24) is 0 Å². The van der Waals surface area contributed by atoms with Gasteiger partial charge in [-0.1, -0.05) is 24.3 Å². The molecule has 0 aromatic rings. The Morgan fingerprint density at radius 2 is 1.94 bits per heavy atom. The van der Waals surface area contributed by atoms with Crippen molar-refractivity contribution in [3.63, 3.8) is 0 Å². The zero-order valence-corrected chi connectivity index (χ0v) is 9.24. The fourth-order valence-electron chi connectivity index (χ4n) is 2.55. The molecular formula is C12H16O4. The number of rotatable bonds is 3. The van der Waals surface area contributed by atoms with Crippen molar-refractivity contribution in [3.05, 3.63) is 24.3 Å². The van der Waals surface area contributed by atoms with E-state index in [4.69, 9.17) is 18.9 Å². The largest absolute Gasteiger partial charge is 0.353 e. The van der Waals surface area contributed by atoms with Crippen LogP contribution in [-0.4, -0.2) is 38.5 Å². The summed E-state index contributed by atoms with van der Waals surface area (Å²) in [4.78, 5) is 0. The van der Waals surface area contributed by atoms with Gasteiger partial charge < -0.3 is 18.9 Å². The van der Waals surface area contributed by atoms with E-state index in [2.05, 4.69) is 24.3 Å². The van der Waals surface area contributed by atoms with Crippen LogP contribution in [0.15, 0.2) is 24.3 Å². The molecule has 0 radical (unpaired) electrons. The van der Waals surface area contributed by atoms with Gasteiger partial charge in [0.05, 0.1) is 6.10 Å². The van der Waals surface area contributed by atoms with Crippen LogP contribution in [0, 0.1) is 5.92 Å². The van der Waals surface area contributed by atoms with Gasteiger partial charge in [-0.3, -0.25) is 0 Å². The van der Waals surface area contributed by atoms with E-state index in [1.54, 1.807) is 7.11 Å². The molecule has 2 aliphatic heterocycles. The van der Waals surface area contributed by atoms with Crippen LogP contribution in [0.1, 0.15) is 6.42 Å². The first-order chi connectivity index (χ1) is 7.88. The van der Waals surface area contributed by atoms with E-state index in [1.807, 2.05) is 0 Å². The van der Waals surface area contributed by atoms with Crippen LogP contribution in [0.3, 0.4) is 0 Å². The zero-order valence-electron chi connectivity index (χ0n) is 9.24. The Labute approximate surface area is 94.8 Å². The summed E-state index contributed by atoms with van der Waals surface area (Å²) < 4.78 is 22.1. The van der Waals surface area contributed by atoms with Crippen LogP contribution in [0.5, 0.6) is 0 Å². The SMILES string of the molecule is COC1OC(CC2C=CC=C2)C2OCO[C@H]12. The molecule has 0 aromatic heterocycles. The summed E-state index contributed by atoms with van der Waals surface area (Å²) in [7, 11) is 1.64. The standard InChI is InChI=1S/C12H16O4/c1-13-12-11-10(14-7-15-11)9(16-12)6-8-4-2-3-5-8/h2-5,8-12H,6-7H2,1H3/t9?,10?,11-,12?/m0/s1. The predicted molar refractivity (Wildman–Crippen MR) is 56.7 cm³/mol. The van der Waals surface area contributed by atoms with Crippen LogP contribution in [-0.2, 0) is 18.9 Å². The first kappa shape index (κ1) is 10.5. The molecule has 16 heavy (non-hydrogen) atoms. The summed E-state index contributed by atoms with van der Waals surface area (Å²) in [6.45, 7) is 0.353. The molecule has 3 rings (SSSR count). The number of ether oxygens (including phenoxy) is 4. The van der Waals surface area contributed by atoms with Gasteiger partial charge in [-0.15, -0.1) is 0 Å². The van der Waals surface area contributed by atoms with E-state index >= 15 is 0 Å². The Balaban J connectivity index is 1.66. The average Bonchev–Trinajstić information content (AvgIpc) is 2.96. The van der Waals surface area contributed by atoms with Crippen LogP contribution >= 0.6 is 0 Å². The lowest BCUT2D eigenvalue weighted by atomic mass is 9.99. The Morgan fingerprint density at radius 1 is 1.19 bits per heavy atom. The minimum absolute atomic E-state index is 0.0207. The summed E-state index contributed by atoms with van der Waals surface area (Å²) in [5, 5.41) is 0. The molecule has 4 nitrogen and oxygen atoms in total. The van der Waals surface area contributed by atoms with Crippen molar-refractivity contribution in [2.45, 2.75) is 31.0 Å². The van der Waals surface area contributed by atoms with Crippen LogP contribution in [0.2, 0.25) is 0 Å². The van der Waals surface area contributed by atoms with Crippen LogP contribution in [0.25, 0.3) is 0 Å². The quantitative estimate of drug-likeness (QED) is 0.722. The van der Waals surface area contributed by atoms with E-state index in [0.29, 0.717) is 12.7 Å². The molecule has 0 bridgehead atoms. The molecule has 2 fully saturated rings. The maximum Gasteiger partial charge on any atom is 0.186 e. The first-order valence-corrected chi connectivity index (χ1v) is 5.65. The molecule has 2 heterocycles. The van der Waals surface area contributed by atoms with Crippen molar-refractivity contribution in [2.75, 3.05) is 13.9 Å². The molecular weight excluding hydrogens is 208 g/mol. The summed E-state index contributed by atoms with van der Waals surface area (Å²) in [5.41, 5.74) is 0. The fraction of sp³-hybridized carbons (Fsp3) is 0.667. The monoisotopic (exact) mass is 224 g/mol. The van der Waals surface area contributed by atoms with Gasteiger partial charge in [0.2, 0.25) is 0 Å². The number of hydrogen-bond donors (Lipinski definition) is 0. The molecule has 3 unspecified atom stereocenters. The number of hydrogen-bond acceptors (Lipinski definition) is 4. The zero-order chi connectivity index (χ0) is 11.0. The van der Waals surface area contributed by atoms with Crippen LogP contribution < -0.4 is 0 Å². The minimum atomic E-state index is -0.285. The van der Waals surface area contributed by atoms with Crippen molar-refractivity contribution >= 4 is 0 Å². The molecule has 3 aliphatic rings. The van der Waals surface area contributed by atoms with Crippen molar-refractivity contribution in [3.8, 4) is 0 Å². The lowest BCUT2D eigenvalue weighted by Gasteiger charge is -2.17. The third kappa shape index (κ3) is 1.72. The van der Waals surface area contributed by atoms with Gasteiger partial charge in [-0.25, -0.2) is 0 Å². The van der Waals surface area contributed by atoms with Crippen molar-refractivity contribution in [2.24, 2.45) is 5.92 Å². The maximum absolute atomic E-state index is 5.80. The van der Waals surface area contributed by atoms with Gasteiger partial charge in [-0.05, 0) is 12.3 Å². The molecule has 88 valence electrons. The number of allylic oxidation sites excluding steroid dienone is 4. The molecule has 4 heteroatoms. The second-order valence-corrected chi connectivity index (χ2v) is 4.33. The Kier molecular flexibility index (Phi) is 2.81. The normalized spacial score (nSPS) is 42.1. The van der Waals surface area contributed by atoms with E-state index in [-0.39, 0.29) is 24.6 Å². The molecule has 0 spiro atoms. The highest BCUT2D eigenvalue weighted by Gasteiger charge is 2.50. The lowest BCUT2D eigenvalue weighted by molar-refractivity contribution is -0.173. The fourth-order valence-corrected chi connectivity index (χ4v) is 2.55. The smallest absolute Gasteiger partial charge is 0.186 e. The third-order valence-electron chi connectivity index (χ3n) is 3.35. The van der Waals surface area contributed by atoms with E-state index < -0.39 is 0 Å². The molecule has 4 atom stereocenters. The van der Waals surface area contributed by atoms with E-state index in [9.17, 15) is 0 Å². The minimum Gasteiger partial charge on any atom is -0.353 e. The van der Waals surface area contributed by atoms with Crippen molar-refractivity contribution in [1.29, 1.82) is 0 Å². The Hall–Kier alpha value is -0.680. The van der Waals surface area contributed by atoms with Gasteiger partial charge in [0.1, 0.15) is 19.0 Å². The topological polar surface area (TPSA) is 36.9 Å². The highest BCUT2D eigenvalue weighted by atomic mass is 16.8. The van der Waals surface area contributed by atoms with Gasteiger partial charge in [-0.2, -0.15) is 0 Å². The Bertz CT molecular complexity index is 300. The van der Waals surface area contributed by atoms with Gasteiger partial charge in [0, 0.05) is 7.11 Å². The average molecular weight is 224 g/mol. The summed E-state index contributed by atoms with van der Waals surface area (Å²) in [6.07, 6.45) is 9.15. The van der Waals surface area contributed by atoms with Gasteiger partial charge >= 0.3 is 0 Å². The molecule has 0 N–H and O–H groups in total. The molecule has 0 amide bonds. The molecule has 2 saturated heterocycles. The molecule has 1 aliphatic carbocycles. The summed E-state index contributed by atoms with van der Waals surface area (Å²) in [6, 6.07) is 0. The van der Waals surface area contributed by atoms with Gasteiger partial charge in [0.15, 0.2) is 6.29 Å². The van der Waals surface area contributed by atoms with E-state index in [0.717, 1.165) is 6.42 Å². The third-order valence-corrected chi connectivity index (χ3v) is 3.35. The van der Waals surface area contributed by atoms with E-state index in [1.165, 1.54) is 0 Å². The first-order valence-electron chi connectivity index (χ1n) is 5.65. The lowest BCUT2D eigenvalue weighted by Crippen LogP contribution is -2.30. The highest BCUT2D eigenvalue weighted by Crippen LogP contribution is 2.35. The highest BCUT2D eigenvalue weighted by molar-refractivity contribution is 5.18.